The average Bonchev–Trinajstić information content (AvgIpc) is 2.54. The Bertz CT molecular complexity index is 259. The van der Waals surface area contributed by atoms with Gasteiger partial charge in [0, 0.05) is 0 Å². The third-order valence-corrected chi connectivity index (χ3v) is 2.25. The molecule has 1 fully saturated rings. The molecule has 1 atom stereocenters. The first-order chi connectivity index (χ1) is 5.86. The van der Waals surface area contributed by atoms with E-state index in [2.05, 4.69) is 10.3 Å². The zero-order valence-electron chi connectivity index (χ0n) is 8.16. The van der Waals surface area contributed by atoms with Crippen molar-refractivity contribution >= 4 is 24.8 Å². The minimum atomic E-state index is 0. The summed E-state index contributed by atoms with van der Waals surface area (Å²) in [4.78, 5) is 4.31. The van der Waals surface area contributed by atoms with Gasteiger partial charge in [0.05, 0.1) is 11.7 Å². The second-order valence-electron chi connectivity index (χ2n) is 3.33. The highest BCUT2D eigenvalue weighted by Gasteiger charge is 2.18. The SMILES string of the molecule is Cc1coc([C@H]2CCCCN2)n1.Cl.Cl. The van der Waals surface area contributed by atoms with Crippen LogP contribution in [0.4, 0.5) is 0 Å². The molecule has 1 N–H and O–H groups in total. The lowest BCUT2D eigenvalue weighted by molar-refractivity contribution is 0.338. The summed E-state index contributed by atoms with van der Waals surface area (Å²) in [6, 6.07) is 0.354. The zero-order valence-corrected chi connectivity index (χ0v) is 9.79. The van der Waals surface area contributed by atoms with Gasteiger partial charge in [-0.1, -0.05) is 6.42 Å². The monoisotopic (exact) mass is 238 g/mol. The molecule has 1 aliphatic heterocycles. The molecule has 2 rings (SSSR count). The van der Waals surface area contributed by atoms with Crippen LogP contribution in [0, 0.1) is 6.92 Å². The first-order valence-electron chi connectivity index (χ1n) is 4.51. The molecular formula is C9H16Cl2N2O. The normalized spacial score (nSPS) is 20.8. The van der Waals surface area contributed by atoms with Gasteiger partial charge in [-0.15, -0.1) is 24.8 Å². The van der Waals surface area contributed by atoms with E-state index in [1.54, 1.807) is 6.26 Å². The molecule has 0 aromatic carbocycles. The lowest BCUT2D eigenvalue weighted by atomic mass is 10.1. The van der Waals surface area contributed by atoms with Crippen molar-refractivity contribution in [3.05, 3.63) is 17.8 Å². The van der Waals surface area contributed by atoms with Crippen LogP contribution in [0.1, 0.15) is 36.9 Å². The largest absolute Gasteiger partial charge is 0.447 e. The summed E-state index contributed by atoms with van der Waals surface area (Å²) in [5, 5.41) is 3.39. The van der Waals surface area contributed by atoms with E-state index in [9.17, 15) is 0 Å². The third kappa shape index (κ3) is 3.15. The van der Waals surface area contributed by atoms with Gasteiger partial charge in [-0.2, -0.15) is 0 Å². The maximum Gasteiger partial charge on any atom is 0.211 e. The van der Waals surface area contributed by atoms with Gasteiger partial charge < -0.3 is 9.73 Å². The molecule has 1 aromatic heterocycles. The summed E-state index contributed by atoms with van der Waals surface area (Å²) in [5.74, 6) is 0.854. The Balaban J connectivity index is 0.000000845. The standard InChI is InChI=1S/C9H14N2O.2ClH/c1-7-6-12-9(11-7)8-4-2-3-5-10-8;;/h6,8,10H,2-5H2,1H3;2*1H/t8-;;/m1../s1. The fourth-order valence-corrected chi connectivity index (χ4v) is 1.59. The predicted octanol–water partition coefficient (Wildman–Crippen LogP) is 2.64. The number of halogens is 2. The fraction of sp³-hybridized carbons (Fsp3) is 0.667. The number of oxazole rings is 1. The molecule has 3 nitrogen and oxygen atoms in total. The summed E-state index contributed by atoms with van der Waals surface area (Å²) in [6.45, 7) is 3.04. The van der Waals surface area contributed by atoms with E-state index in [1.165, 1.54) is 12.8 Å². The molecule has 0 bridgehead atoms. The summed E-state index contributed by atoms with van der Waals surface area (Å²) >= 11 is 0. The lowest BCUT2D eigenvalue weighted by Crippen LogP contribution is -2.26. The molecule has 0 unspecified atom stereocenters. The van der Waals surface area contributed by atoms with Crippen molar-refractivity contribution in [2.75, 3.05) is 6.54 Å². The molecular weight excluding hydrogens is 223 g/mol. The van der Waals surface area contributed by atoms with Crippen molar-refractivity contribution in [2.45, 2.75) is 32.2 Å². The second-order valence-corrected chi connectivity index (χ2v) is 3.33. The van der Waals surface area contributed by atoms with Crippen LogP contribution in [-0.2, 0) is 0 Å². The molecule has 0 amide bonds. The maximum atomic E-state index is 5.33. The summed E-state index contributed by atoms with van der Waals surface area (Å²) in [7, 11) is 0. The van der Waals surface area contributed by atoms with E-state index in [0.29, 0.717) is 6.04 Å². The van der Waals surface area contributed by atoms with Crippen LogP contribution in [0.15, 0.2) is 10.7 Å². The molecule has 0 saturated carbocycles. The van der Waals surface area contributed by atoms with Gasteiger partial charge in [-0.05, 0) is 26.3 Å². The molecule has 1 aromatic rings. The minimum Gasteiger partial charge on any atom is -0.447 e. The highest BCUT2D eigenvalue weighted by atomic mass is 35.5. The molecule has 1 saturated heterocycles. The van der Waals surface area contributed by atoms with Gasteiger partial charge in [-0.25, -0.2) is 4.98 Å². The van der Waals surface area contributed by atoms with Gasteiger partial charge in [0.15, 0.2) is 0 Å². The zero-order chi connectivity index (χ0) is 8.39. The number of piperidine rings is 1. The van der Waals surface area contributed by atoms with E-state index in [-0.39, 0.29) is 24.8 Å². The van der Waals surface area contributed by atoms with Gasteiger partial charge in [0.25, 0.3) is 0 Å². The highest BCUT2D eigenvalue weighted by Crippen LogP contribution is 2.21. The van der Waals surface area contributed by atoms with Gasteiger partial charge in [-0.3, -0.25) is 0 Å². The van der Waals surface area contributed by atoms with Crippen molar-refractivity contribution < 1.29 is 4.42 Å². The van der Waals surface area contributed by atoms with E-state index in [4.69, 9.17) is 4.42 Å². The van der Waals surface area contributed by atoms with Crippen LogP contribution >= 0.6 is 24.8 Å². The van der Waals surface area contributed by atoms with Crippen molar-refractivity contribution in [1.82, 2.24) is 10.3 Å². The molecule has 1 aliphatic rings. The first kappa shape index (κ1) is 13.8. The number of rotatable bonds is 1. The van der Waals surface area contributed by atoms with Gasteiger partial charge >= 0.3 is 0 Å². The molecule has 2 heterocycles. The molecule has 82 valence electrons. The Morgan fingerprint density at radius 1 is 1.43 bits per heavy atom. The van der Waals surface area contributed by atoms with Crippen molar-refractivity contribution in [1.29, 1.82) is 0 Å². The Morgan fingerprint density at radius 3 is 2.71 bits per heavy atom. The lowest BCUT2D eigenvalue weighted by Gasteiger charge is -2.19. The fourth-order valence-electron chi connectivity index (χ4n) is 1.59. The van der Waals surface area contributed by atoms with Crippen molar-refractivity contribution in [2.24, 2.45) is 0 Å². The molecule has 0 aliphatic carbocycles. The number of hydrogen-bond acceptors (Lipinski definition) is 3. The summed E-state index contributed by atoms with van der Waals surface area (Å²) < 4.78 is 5.33. The van der Waals surface area contributed by atoms with Crippen LogP contribution in [0.25, 0.3) is 0 Å². The van der Waals surface area contributed by atoms with Crippen LogP contribution in [0.5, 0.6) is 0 Å². The smallest absolute Gasteiger partial charge is 0.211 e. The number of hydrogen-bond donors (Lipinski definition) is 1. The van der Waals surface area contributed by atoms with E-state index >= 15 is 0 Å². The average molecular weight is 239 g/mol. The van der Waals surface area contributed by atoms with Crippen LogP contribution in [0.3, 0.4) is 0 Å². The van der Waals surface area contributed by atoms with E-state index in [0.717, 1.165) is 24.6 Å². The number of aryl methyl sites for hydroxylation is 1. The summed E-state index contributed by atoms with van der Waals surface area (Å²) in [5.41, 5.74) is 0.970. The molecule has 0 radical (unpaired) electrons. The molecule has 14 heavy (non-hydrogen) atoms. The Hall–Kier alpha value is -0.250. The Kier molecular flexibility index (Phi) is 6.16. The first-order valence-corrected chi connectivity index (χ1v) is 4.51. The van der Waals surface area contributed by atoms with Crippen LogP contribution in [0.2, 0.25) is 0 Å². The number of nitrogens with zero attached hydrogens (tertiary/aromatic N) is 1. The number of nitrogens with one attached hydrogen (secondary N) is 1. The van der Waals surface area contributed by atoms with Crippen molar-refractivity contribution in [3.8, 4) is 0 Å². The molecule has 5 heteroatoms. The van der Waals surface area contributed by atoms with Gasteiger partial charge in [0.2, 0.25) is 5.89 Å². The quantitative estimate of drug-likeness (QED) is 0.818. The van der Waals surface area contributed by atoms with Crippen LogP contribution < -0.4 is 5.32 Å². The highest BCUT2D eigenvalue weighted by molar-refractivity contribution is 5.85. The van der Waals surface area contributed by atoms with E-state index in [1.807, 2.05) is 6.92 Å². The van der Waals surface area contributed by atoms with Crippen molar-refractivity contribution in [3.63, 3.8) is 0 Å². The molecule has 0 spiro atoms. The topological polar surface area (TPSA) is 38.1 Å². The van der Waals surface area contributed by atoms with Crippen LogP contribution in [-0.4, -0.2) is 11.5 Å². The third-order valence-electron chi connectivity index (χ3n) is 2.25. The number of aromatic nitrogens is 1. The maximum absolute atomic E-state index is 5.33. The minimum absolute atomic E-state index is 0. The summed E-state index contributed by atoms with van der Waals surface area (Å²) in [6.07, 6.45) is 5.42. The predicted molar refractivity (Wildman–Crippen MR) is 60.3 cm³/mol. The Morgan fingerprint density at radius 2 is 2.21 bits per heavy atom. The Labute approximate surface area is 96.5 Å². The second kappa shape index (κ2) is 6.27. The van der Waals surface area contributed by atoms with E-state index < -0.39 is 0 Å². The van der Waals surface area contributed by atoms with Gasteiger partial charge in [0.1, 0.15) is 6.26 Å².